The third kappa shape index (κ3) is 4.16. The average molecular weight is 441 g/mol. The lowest BCUT2D eigenvalue weighted by atomic mass is 10.1. The minimum atomic E-state index is -4.50. The maximum Gasteiger partial charge on any atom is 0.416 e. The molecule has 0 bridgehead atoms. The Kier molecular flexibility index (Phi) is 5.28. The largest absolute Gasteiger partial charge is 0.416 e. The van der Waals surface area contributed by atoms with E-state index < -0.39 is 23.6 Å². The molecule has 1 aliphatic heterocycles. The van der Waals surface area contributed by atoms with E-state index in [4.69, 9.17) is 0 Å². The van der Waals surface area contributed by atoms with E-state index in [1.54, 1.807) is 6.07 Å². The predicted molar refractivity (Wildman–Crippen MR) is 99.4 cm³/mol. The molecule has 1 heterocycles. The highest BCUT2D eigenvalue weighted by Gasteiger charge is 2.38. The molecule has 1 N–H and O–H groups in total. The Morgan fingerprint density at radius 2 is 1.96 bits per heavy atom. The number of amides is 2. The highest BCUT2D eigenvalue weighted by molar-refractivity contribution is 9.10. The lowest BCUT2D eigenvalue weighted by molar-refractivity contribution is -0.137. The van der Waals surface area contributed by atoms with Crippen molar-refractivity contribution in [1.29, 1.82) is 0 Å². The predicted octanol–water partition coefficient (Wildman–Crippen LogP) is 4.77. The van der Waals surface area contributed by atoms with Crippen LogP contribution in [-0.4, -0.2) is 18.4 Å². The molecule has 1 saturated heterocycles. The van der Waals surface area contributed by atoms with Crippen molar-refractivity contribution >= 4 is 39.1 Å². The van der Waals surface area contributed by atoms with E-state index in [1.165, 1.54) is 17.0 Å². The molecule has 1 atom stereocenters. The number of nitrogens with one attached hydrogen (secondary N) is 1. The van der Waals surface area contributed by atoms with E-state index in [9.17, 15) is 22.8 Å². The van der Waals surface area contributed by atoms with Gasteiger partial charge in [-0.3, -0.25) is 9.59 Å². The van der Waals surface area contributed by atoms with Crippen molar-refractivity contribution < 1.29 is 22.8 Å². The number of alkyl halides is 3. The van der Waals surface area contributed by atoms with Crippen molar-refractivity contribution in [3.8, 4) is 0 Å². The summed E-state index contributed by atoms with van der Waals surface area (Å²) < 4.78 is 39.3. The number of halogens is 4. The van der Waals surface area contributed by atoms with Crippen molar-refractivity contribution in [2.75, 3.05) is 16.8 Å². The van der Waals surface area contributed by atoms with Gasteiger partial charge in [0.25, 0.3) is 0 Å². The van der Waals surface area contributed by atoms with Gasteiger partial charge in [0.1, 0.15) is 5.92 Å². The Balaban J connectivity index is 1.74. The van der Waals surface area contributed by atoms with E-state index >= 15 is 0 Å². The van der Waals surface area contributed by atoms with Gasteiger partial charge >= 0.3 is 6.18 Å². The molecule has 0 aliphatic carbocycles. The highest BCUT2D eigenvalue weighted by atomic mass is 79.9. The standard InChI is InChI=1S/C19H16BrF3N2O2/c1-11-9-13(20)5-6-16(11)25-8-7-15(18(25)27)17(26)24-14-4-2-3-12(10-14)19(21,22)23/h2-6,9-10,15H,7-8H2,1H3,(H,24,26). The smallest absolute Gasteiger partial charge is 0.325 e. The lowest BCUT2D eigenvalue weighted by Crippen LogP contribution is -2.33. The summed E-state index contributed by atoms with van der Waals surface area (Å²) in [6.45, 7) is 2.24. The number of aryl methyl sites for hydroxylation is 1. The van der Waals surface area contributed by atoms with Gasteiger partial charge in [-0.2, -0.15) is 13.2 Å². The normalized spacial score (nSPS) is 17.3. The summed E-state index contributed by atoms with van der Waals surface area (Å²) in [4.78, 5) is 26.7. The molecule has 2 amide bonds. The third-order valence-corrected chi connectivity index (χ3v) is 4.92. The van der Waals surface area contributed by atoms with Crippen LogP contribution in [0, 0.1) is 12.8 Å². The topological polar surface area (TPSA) is 49.4 Å². The van der Waals surface area contributed by atoms with Crippen LogP contribution in [0.4, 0.5) is 24.5 Å². The van der Waals surface area contributed by atoms with Gasteiger partial charge in [-0.1, -0.05) is 22.0 Å². The molecule has 2 aromatic rings. The first-order valence-electron chi connectivity index (χ1n) is 8.22. The van der Waals surface area contributed by atoms with Gasteiger partial charge in [0.15, 0.2) is 0 Å². The molecule has 0 spiro atoms. The zero-order valence-electron chi connectivity index (χ0n) is 14.3. The molecule has 142 valence electrons. The Morgan fingerprint density at radius 1 is 1.22 bits per heavy atom. The maximum absolute atomic E-state index is 12.8. The van der Waals surface area contributed by atoms with Crippen LogP contribution < -0.4 is 10.2 Å². The minimum Gasteiger partial charge on any atom is -0.325 e. The number of hydrogen-bond acceptors (Lipinski definition) is 2. The fourth-order valence-corrected chi connectivity index (χ4v) is 3.56. The van der Waals surface area contributed by atoms with Crippen molar-refractivity contribution in [2.45, 2.75) is 19.5 Å². The molecular weight excluding hydrogens is 425 g/mol. The molecule has 1 unspecified atom stereocenters. The number of hydrogen-bond donors (Lipinski definition) is 1. The van der Waals surface area contributed by atoms with Gasteiger partial charge in [0.2, 0.25) is 11.8 Å². The van der Waals surface area contributed by atoms with Gasteiger partial charge in [0.05, 0.1) is 5.56 Å². The van der Waals surface area contributed by atoms with Crippen LogP contribution in [0.1, 0.15) is 17.5 Å². The van der Waals surface area contributed by atoms with Gasteiger partial charge in [-0.05, 0) is 55.3 Å². The fraction of sp³-hybridized carbons (Fsp3) is 0.263. The first-order chi connectivity index (χ1) is 12.7. The zero-order valence-corrected chi connectivity index (χ0v) is 15.9. The minimum absolute atomic E-state index is 0.0147. The first-order valence-corrected chi connectivity index (χ1v) is 9.02. The average Bonchev–Trinajstić information content (AvgIpc) is 2.96. The Hall–Kier alpha value is -2.35. The van der Waals surface area contributed by atoms with E-state index in [2.05, 4.69) is 21.2 Å². The molecule has 27 heavy (non-hydrogen) atoms. The molecule has 0 radical (unpaired) electrons. The summed E-state index contributed by atoms with van der Waals surface area (Å²) in [5, 5.41) is 2.43. The summed E-state index contributed by atoms with van der Waals surface area (Å²) in [7, 11) is 0. The second-order valence-electron chi connectivity index (χ2n) is 6.33. The fourth-order valence-electron chi connectivity index (χ4n) is 3.09. The van der Waals surface area contributed by atoms with Crippen molar-refractivity contribution in [2.24, 2.45) is 5.92 Å². The van der Waals surface area contributed by atoms with Crippen LogP contribution in [0.5, 0.6) is 0 Å². The summed E-state index contributed by atoms with van der Waals surface area (Å²) in [5.41, 5.74) is 0.764. The molecule has 8 heteroatoms. The maximum atomic E-state index is 12.8. The summed E-state index contributed by atoms with van der Waals surface area (Å²) in [6, 6.07) is 9.84. The number of benzene rings is 2. The van der Waals surface area contributed by atoms with Crippen LogP contribution in [0.2, 0.25) is 0 Å². The Labute approximate surface area is 162 Å². The second-order valence-corrected chi connectivity index (χ2v) is 7.25. The summed E-state index contributed by atoms with van der Waals surface area (Å²) in [6.07, 6.45) is -4.20. The number of anilines is 2. The van der Waals surface area contributed by atoms with Crippen molar-refractivity contribution in [1.82, 2.24) is 0 Å². The van der Waals surface area contributed by atoms with Crippen LogP contribution >= 0.6 is 15.9 Å². The molecule has 2 aromatic carbocycles. The first kappa shape index (κ1) is 19.4. The van der Waals surface area contributed by atoms with E-state index in [0.29, 0.717) is 13.0 Å². The Bertz CT molecular complexity index is 899. The quantitative estimate of drug-likeness (QED) is 0.698. The second kappa shape index (κ2) is 7.34. The van der Waals surface area contributed by atoms with Crippen LogP contribution in [0.15, 0.2) is 46.9 Å². The molecular formula is C19H16BrF3N2O2. The molecule has 4 nitrogen and oxygen atoms in total. The van der Waals surface area contributed by atoms with Crippen molar-refractivity contribution in [3.63, 3.8) is 0 Å². The van der Waals surface area contributed by atoms with Gasteiger partial charge in [-0.25, -0.2) is 0 Å². The number of rotatable bonds is 3. The lowest BCUT2D eigenvalue weighted by Gasteiger charge is -2.19. The van der Waals surface area contributed by atoms with Gasteiger partial charge in [0, 0.05) is 22.4 Å². The van der Waals surface area contributed by atoms with Gasteiger partial charge < -0.3 is 10.2 Å². The molecule has 0 aromatic heterocycles. The van der Waals surface area contributed by atoms with E-state index in [1.807, 2.05) is 19.1 Å². The molecule has 3 rings (SSSR count). The number of nitrogens with zero attached hydrogens (tertiary/aromatic N) is 1. The zero-order chi connectivity index (χ0) is 19.8. The molecule has 0 saturated carbocycles. The third-order valence-electron chi connectivity index (χ3n) is 4.43. The summed E-state index contributed by atoms with van der Waals surface area (Å²) >= 11 is 3.36. The summed E-state index contributed by atoms with van der Waals surface area (Å²) in [5.74, 6) is -1.89. The number of carbonyl (C=O) groups is 2. The van der Waals surface area contributed by atoms with Gasteiger partial charge in [-0.15, -0.1) is 0 Å². The van der Waals surface area contributed by atoms with Crippen molar-refractivity contribution in [3.05, 3.63) is 58.1 Å². The monoisotopic (exact) mass is 440 g/mol. The van der Waals surface area contributed by atoms with E-state index in [-0.39, 0.29) is 11.6 Å². The van der Waals surface area contributed by atoms with Crippen LogP contribution in [-0.2, 0) is 15.8 Å². The molecule has 1 aliphatic rings. The molecule has 1 fully saturated rings. The highest BCUT2D eigenvalue weighted by Crippen LogP contribution is 2.32. The van der Waals surface area contributed by atoms with Crippen LogP contribution in [0.25, 0.3) is 0 Å². The number of carbonyl (C=O) groups excluding carboxylic acids is 2. The SMILES string of the molecule is Cc1cc(Br)ccc1N1CCC(C(=O)Nc2cccc(C(F)(F)F)c2)C1=O. The Morgan fingerprint density at radius 3 is 2.63 bits per heavy atom. The van der Waals surface area contributed by atoms with E-state index in [0.717, 1.165) is 27.9 Å². The van der Waals surface area contributed by atoms with Crippen LogP contribution in [0.3, 0.4) is 0 Å².